The average molecular weight is 341 g/mol. The fourth-order valence-corrected chi connectivity index (χ4v) is 3.71. The molecule has 1 aromatic rings. The minimum atomic E-state index is -0.317. The molecule has 1 aliphatic heterocycles. The zero-order valence-corrected chi connectivity index (χ0v) is 15.1. The molecule has 1 heterocycles. The quantitative estimate of drug-likeness (QED) is 0.549. The number of rotatable bonds is 7. The summed E-state index contributed by atoms with van der Waals surface area (Å²) in [5, 5.41) is 0. The van der Waals surface area contributed by atoms with E-state index in [4.69, 9.17) is 4.74 Å². The van der Waals surface area contributed by atoms with Crippen molar-refractivity contribution in [3.8, 4) is 5.75 Å². The smallest absolute Gasteiger partial charge is 0.255 e. The van der Waals surface area contributed by atoms with Gasteiger partial charge in [0, 0.05) is 17.5 Å². The normalized spacial score (nSPS) is 20.1. The van der Waals surface area contributed by atoms with Gasteiger partial charge in [0.1, 0.15) is 5.75 Å². The zero-order valence-electron chi connectivity index (χ0n) is 15.1. The van der Waals surface area contributed by atoms with Crippen molar-refractivity contribution in [2.24, 2.45) is 0 Å². The summed E-state index contributed by atoms with van der Waals surface area (Å²) in [6, 6.07) is 5.32. The lowest BCUT2D eigenvalue weighted by Crippen LogP contribution is -2.43. The van der Waals surface area contributed by atoms with Crippen molar-refractivity contribution in [3.63, 3.8) is 0 Å². The van der Waals surface area contributed by atoms with Crippen LogP contribution in [0.3, 0.4) is 0 Å². The predicted molar refractivity (Wildman–Crippen MR) is 97.7 cm³/mol. The van der Waals surface area contributed by atoms with Gasteiger partial charge in [-0.1, -0.05) is 44.4 Å². The second-order valence-electron chi connectivity index (χ2n) is 7.07. The topological polar surface area (TPSA) is 46.6 Å². The van der Waals surface area contributed by atoms with Crippen molar-refractivity contribution < 1.29 is 14.3 Å². The molecule has 1 aromatic carbocycles. The third kappa shape index (κ3) is 3.78. The van der Waals surface area contributed by atoms with Crippen LogP contribution in [0.25, 0.3) is 0 Å². The molecule has 0 bridgehead atoms. The highest BCUT2D eigenvalue weighted by Crippen LogP contribution is 2.35. The Kier molecular flexibility index (Phi) is 5.57. The first kappa shape index (κ1) is 17.7. The number of hydrogen-bond acceptors (Lipinski definition) is 3. The van der Waals surface area contributed by atoms with Crippen LogP contribution in [-0.2, 0) is 11.3 Å². The number of allylic oxidation sites excluding steroid dienone is 1. The molecular weight excluding hydrogens is 314 g/mol. The molecule has 0 radical (unpaired) electrons. The Morgan fingerprint density at radius 1 is 1.24 bits per heavy atom. The number of fused-ring (bicyclic) bond motifs is 1. The van der Waals surface area contributed by atoms with E-state index >= 15 is 0 Å². The highest BCUT2D eigenvalue weighted by atomic mass is 16.5. The Labute approximate surface area is 149 Å². The zero-order chi connectivity index (χ0) is 17.8. The largest absolute Gasteiger partial charge is 0.493 e. The maximum atomic E-state index is 12.8. The maximum absolute atomic E-state index is 12.8. The lowest BCUT2D eigenvalue weighted by Gasteiger charge is -2.30. The number of carbonyl (C=O) groups is 2. The molecule has 0 N–H and O–H groups in total. The van der Waals surface area contributed by atoms with Crippen molar-refractivity contribution >= 4 is 11.7 Å². The SMILES string of the molecule is C=C1CCC(N2Cc3c(OCCCCCC)cccc3C2=O)C(=O)C1. The number of ether oxygens (including phenoxy) is 1. The Hall–Kier alpha value is -2.10. The minimum absolute atomic E-state index is 0.0442. The Balaban J connectivity index is 1.69. The molecular formula is C21H27NO3. The van der Waals surface area contributed by atoms with Crippen molar-refractivity contribution in [1.29, 1.82) is 0 Å². The summed E-state index contributed by atoms with van der Waals surface area (Å²) in [5.41, 5.74) is 2.59. The minimum Gasteiger partial charge on any atom is -0.493 e. The maximum Gasteiger partial charge on any atom is 0.255 e. The highest BCUT2D eigenvalue weighted by molar-refractivity contribution is 6.02. The third-order valence-electron chi connectivity index (χ3n) is 5.15. The van der Waals surface area contributed by atoms with Crippen LogP contribution in [-0.4, -0.2) is 29.2 Å². The van der Waals surface area contributed by atoms with E-state index in [-0.39, 0.29) is 17.7 Å². The van der Waals surface area contributed by atoms with Crippen molar-refractivity contribution in [2.45, 2.75) is 64.5 Å². The lowest BCUT2D eigenvalue weighted by atomic mass is 9.90. The van der Waals surface area contributed by atoms with Crippen LogP contribution in [0.1, 0.15) is 67.8 Å². The van der Waals surface area contributed by atoms with E-state index in [9.17, 15) is 9.59 Å². The number of amides is 1. The fourth-order valence-electron chi connectivity index (χ4n) is 3.71. The molecule has 0 spiro atoms. The number of benzene rings is 1. The molecule has 134 valence electrons. The number of hydrogen-bond donors (Lipinski definition) is 0. The van der Waals surface area contributed by atoms with Gasteiger partial charge < -0.3 is 9.64 Å². The molecule has 0 aromatic heterocycles. The van der Waals surface area contributed by atoms with Crippen LogP contribution >= 0.6 is 0 Å². The molecule has 2 aliphatic rings. The predicted octanol–water partition coefficient (Wildman–Crippen LogP) is 4.28. The second-order valence-corrected chi connectivity index (χ2v) is 7.07. The summed E-state index contributed by atoms with van der Waals surface area (Å²) in [6.45, 7) is 7.24. The van der Waals surface area contributed by atoms with Gasteiger partial charge in [-0.3, -0.25) is 9.59 Å². The lowest BCUT2D eigenvalue weighted by molar-refractivity contribution is -0.124. The van der Waals surface area contributed by atoms with Crippen molar-refractivity contribution in [2.75, 3.05) is 6.61 Å². The number of ketones is 1. The van der Waals surface area contributed by atoms with E-state index in [1.165, 1.54) is 12.8 Å². The molecule has 3 rings (SSSR count). The third-order valence-corrected chi connectivity index (χ3v) is 5.15. The number of nitrogens with zero attached hydrogens (tertiary/aromatic N) is 1. The highest BCUT2D eigenvalue weighted by Gasteiger charge is 2.38. The molecule has 0 saturated heterocycles. The first-order valence-electron chi connectivity index (χ1n) is 9.36. The van der Waals surface area contributed by atoms with Crippen LogP contribution < -0.4 is 4.74 Å². The average Bonchev–Trinajstić information content (AvgIpc) is 2.92. The van der Waals surface area contributed by atoms with Gasteiger partial charge in [0.25, 0.3) is 5.91 Å². The van der Waals surface area contributed by atoms with Gasteiger partial charge >= 0.3 is 0 Å². The summed E-state index contributed by atoms with van der Waals surface area (Å²) < 4.78 is 5.95. The number of carbonyl (C=O) groups excluding carboxylic acids is 2. The van der Waals surface area contributed by atoms with Crippen LogP contribution in [0.4, 0.5) is 0 Å². The first-order valence-corrected chi connectivity index (χ1v) is 9.36. The van der Waals surface area contributed by atoms with E-state index in [0.717, 1.165) is 36.1 Å². The standard InChI is InChI=1S/C21H27NO3/c1-3-4-5-6-12-25-20-9-7-8-16-17(20)14-22(21(16)24)18-11-10-15(2)13-19(18)23/h7-9,18H,2-6,10-14H2,1H3. The Morgan fingerprint density at radius 2 is 2.08 bits per heavy atom. The van der Waals surface area contributed by atoms with Crippen LogP contribution in [0.2, 0.25) is 0 Å². The molecule has 1 atom stereocenters. The first-order chi connectivity index (χ1) is 12.1. The molecule has 4 heteroatoms. The Bertz CT molecular complexity index is 680. The van der Waals surface area contributed by atoms with E-state index in [1.54, 1.807) is 4.90 Å². The molecule has 25 heavy (non-hydrogen) atoms. The second kappa shape index (κ2) is 7.85. The van der Waals surface area contributed by atoms with Crippen molar-refractivity contribution in [1.82, 2.24) is 4.90 Å². The molecule has 1 saturated carbocycles. The van der Waals surface area contributed by atoms with E-state index in [2.05, 4.69) is 13.5 Å². The van der Waals surface area contributed by atoms with E-state index < -0.39 is 0 Å². The summed E-state index contributed by atoms with van der Waals surface area (Å²) in [6.07, 6.45) is 6.51. The van der Waals surface area contributed by atoms with Crippen molar-refractivity contribution in [3.05, 3.63) is 41.5 Å². The van der Waals surface area contributed by atoms with Gasteiger partial charge in [-0.2, -0.15) is 0 Å². The summed E-state index contributed by atoms with van der Waals surface area (Å²) in [5.74, 6) is 0.856. The molecule has 1 aliphatic carbocycles. The summed E-state index contributed by atoms with van der Waals surface area (Å²) in [4.78, 5) is 26.9. The molecule has 1 unspecified atom stereocenters. The summed E-state index contributed by atoms with van der Waals surface area (Å²) >= 11 is 0. The van der Waals surface area contributed by atoms with Crippen LogP contribution in [0, 0.1) is 0 Å². The molecule has 1 amide bonds. The summed E-state index contributed by atoms with van der Waals surface area (Å²) in [7, 11) is 0. The van der Waals surface area contributed by atoms with Crippen LogP contribution in [0.15, 0.2) is 30.4 Å². The van der Waals surface area contributed by atoms with Gasteiger partial charge in [0.05, 0.1) is 19.2 Å². The van der Waals surface area contributed by atoms with Crippen LogP contribution in [0.5, 0.6) is 5.75 Å². The number of unbranched alkanes of at least 4 members (excludes halogenated alkanes) is 3. The van der Waals surface area contributed by atoms with Gasteiger partial charge in [0.15, 0.2) is 5.78 Å². The van der Waals surface area contributed by atoms with Gasteiger partial charge in [-0.05, 0) is 31.4 Å². The van der Waals surface area contributed by atoms with Gasteiger partial charge in [-0.25, -0.2) is 0 Å². The van der Waals surface area contributed by atoms with E-state index in [1.807, 2.05) is 18.2 Å². The van der Waals surface area contributed by atoms with Gasteiger partial charge in [0.2, 0.25) is 0 Å². The van der Waals surface area contributed by atoms with E-state index in [0.29, 0.717) is 31.6 Å². The molecule has 1 fully saturated rings. The monoisotopic (exact) mass is 341 g/mol. The fraction of sp³-hybridized carbons (Fsp3) is 0.524. The Morgan fingerprint density at radius 3 is 2.84 bits per heavy atom. The van der Waals surface area contributed by atoms with Gasteiger partial charge in [-0.15, -0.1) is 0 Å². The number of Topliss-reactive ketones (excluding diaryl/α,β-unsaturated/α-hetero) is 1. The molecule has 4 nitrogen and oxygen atoms in total.